The average molecular weight is 308 g/mol. The van der Waals surface area contributed by atoms with E-state index in [2.05, 4.69) is 9.97 Å². The Morgan fingerprint density at radius 2 is 2.05 bits per heavy atom. The average Bonchev–Trinajstić information content (AvgIpc) is 2.81. The van der Waals surface area contributed by atoms with E-state index in [9.17, 15) is 4.39 Å². The SMILES string of the molecule is CN(C)c1nccc2nc(-c3c(F)cccc3Cl)sc12. The van der Waals surface area contributed by atoms with Crippen molar-refractivity contribution in [2.75, 3.05) is 19.0 Å². The second-order valence-electron chi connectivity index (χ2n) is 4.49. The number of aromatic nitrogens is 2. The maximum absolute atomic E-state index is 14.0. The second kappa shape index (κ2) is 5.00. The predicted molar refractivity (Wildman–Crippen MR) is 82.1 cm³/mol. The zero-order chi connectivity index (χ0) is 14.3. The van der Waals surface area contributed by atoms with E-state index in [0.717, 1.165) is 16.0 Å². The van der Waals surface area contributed by atoms with Crippen LogP contribution in [0.4, 0.5) is 10.2 Å². The fourth-order valence-corrected chi connectivity index (χ4v) is 3.47. The molecule has 0 radical (unpaired) electrons. The highest BCUT2D eigenvalue weighted by Gasteiger charge is 2.16. The van der Waals surface area contributed by atoms with Gasteiger partial charge in [-0.3, -0.25) is 0 Å². The first-order chi connectivity index (χ1) is 9.58. The molecule has 0 spiro atoms. The second-order valence-corrected chi connectivity index (χ2v) is 5.90. The van der Waals surface area contributed by atoms with Gasteiger partial charge in [0, 0.05) is 20.3 Å². The van der Waals surface area contributed by atoms with Crippen LogP contribution in [-0.4, -0.2) is 24.1 Å². The molecule has 1 aromatic carbocycles. The van der Waals surface area contributed by atoms with Gasteiger partial charge in [-0.05, 0) is 18.2 Å². The Morgan fingerprint density at radius 3 is 2.75 bits per heavy atom. The minimum atomic E-state index is -0.365. The maximum atomic E-state index is 14.0. The molecule has 0 N–H and O–H groups in total. The Hall–Kier alpha value is -1.72. The van der Waals surface area contributed by atoms with Gasteiger partial charge < -0.3 is 4.90 Å². The van der Waals surface area contributed by atoms with Crippen molar-refractivity contribution in [1.82, 2.24) is 9.97 Å². The minimum absolute atomic E-state index is 0.347. The van der Waals surface area contributed by atoms with Gasteiger partial charge in [0.15, 0.2) is 0 Å². The Bertz CT molecular complexity index is 765. The molecule has 0 atom stereocenters. The fraction of sp³-hybridized carbons (Fsp3) is 0.143. The molecule has 0 amide bonds. The monoisotopic (exact) mass is 307 g/mol. The highest BCUT2D eigenvalue weighted by atomic mass is 35.5. The number of fused-ring (bicyclic) bond motifs is 1. The summed E-state index contributed by atoms with van der Waals surface area (Å²) < 4.78 is 14.9. The molecule has 0 fully saturated rings. The van der Waals surface area contributed by atoms with Crippen molar-refractivity contribution in [3.05, 3.63) is 41.3 Å². The van der Waals surface area contributed by atoms with Crippen LogP contribution in [0, 0.1) is 5.82 Å². The minimum Gasteiger partial charge on any atom is -0.362 e. The summed E-state index contributed by atoms with van der Waals surface area (Å²) in [6.07, 6.45) is 1.70. The number of benzene rings is 1. The molecule has 0 bridgehead atoms. The Balaban J connectivity index is 2.26. The lowest BCUT2D eigenvalue weighted by molar-refractivity contribution is 0.631. The van der Waals surface area contributed by atoms with Crippen molar-refractivity contribution < 1.29 is 4.39 Å². The van der Waals surface area contributed by atoms with E-state index in [1.165, 1.54) is 17.4 Å². The Labute approximate surface area is 124 Å². The van der Waals surface area contributed by atoms with E-state index in [-0.39, 0.29) is 5.82 Å². The molecule has 2 aromatic heterocycles. The van der Waals surface area contributed by atoms with Crippen LogP contribution in [0.3, 0.4) is 0 Å². The van der Waals surface area contributed by atoms with Crippen molar-refractivity contribution in [3.8, 4) is 10.6 Å². The first-order valence-corrected chi connectivity index (χ1v) is 7.14. The molecule has 102 valence electrons. The van der Waals surface area contributed by atoms with Crippen molar-refractivity contribution in [2.45, 2.75) is 0 Å². The molecule has 20 heavy (non-hydrogen) atoms. The van der Waals surface area contributed by atoms with Crippen LogP contribution < -0.4 is 4.90 Å². The summed E-state index contributed by atoms with van der Waals surface area (Å²) in [5, 5.41) is 0.933. The Kier molecular flexibility index (Phi) is 3.31. The third kappa shape index (κ3) is 2.13. The van der Waals surface area contributed by atoms with E-state index in [1.54, 1.807) is 18.3 Å². The summed E-state index contributed by atoms with van der Waals surface area (Å²) in [5.41, 5.74) is 1.14. The number of anilines is 1. The number of hydrogen-bond donors (Lipinski definition) is 0. The van der Waals surface area contributed by atoms with Gasteiger partial charge >= 0.3 is 0 Å². The van der Waals surface area contributed by atoms with Crippen molar-refractivity contribution >= 4 is 39.0 Å². The molecule has 0 saturated carbocycles. The lowest BCUT2D eigenvalue weighted by Crippen LogP contribution is -2.10. The number of rotatable bonds is 2. The smallest absolute Gasteiger partial charge is 0.147 e. The summed E-state index contributed by atoms with van der Waals surface area (Å²) in [4.78, 5) is 10.7. The number of hydrogen-bond acceptors (Lipinski definition) is 4. The maximum Gasteiger partial charge on any atom is 0.147 e. The van der Waals surface area contributed by atoms with Crippen LogP contribution in [0.15, 0.2) is 30.5 Å². The van der Waals surface area contributed by atoms with E-state index in [0.29, 0.717) is 15.6 Å². The summed E-state index contributed by atoms with van der Waals surface area (Å²) in [7, 11) is 3.83. The molecule has 3 aromatic rings. The fourth-order valence-electron chi connectivity index (χ4n) is 1.97. The van der Waals surface area contributed by atoms with Gasteiger partial charge in [-0.25, -0.2) is 14.4 Å². The van der Waals surface area contributed by atoms with Crippen LogP contribution >= 0.6 is 22.9 Å². The molecule has 3 rings (SSSR count). The highest BCUT2D eigenvalue weighted by molar-refractivity contribution is 7.22. The Morgan fingerprint density at radius 1 is 1.25 bits per heavy atom. The van der Waals surface area contributed by atoms with Gasteiger partial charge in [0.2, 0.25) is 0 Å². The quantitative estimate of drug-likeness (QED) is 0.710. The summed E-state index contributed by atoms with van der Waals surface area (Å²) in [6, 6.07) is 6.45. The number of pyridine rings is 1. The van der Waals surface area contributed by atoms with Crippen LogP contribution in [0.1, 0.15) is 0 Å². The first kappa shape index (κ1) is 13.3. The van der Waals surface area contributed by atoms with Gasteiger partial charge in [0.05, 0.1) is 20.8 Å². The normalized spacial score (nSPS) is 11.0. The molecular weight excluding hydrogens is 297 g/mol. The molecule has 0 aliphatic carbocycles. The van der Waals surface area contributed by atoms with Crippen molar-refractivity contribution in [3.63, 3.8) is 0 Å². The topological polar surface area (TPSA) is 29.0 Å². The standard InChI is InChI=1S/C14H11ClFN3S/c1-19(2)13-12-10(6-7-17-13)18-14(20-12)11-8(15)4-3-5-9(11)16/h3-7H,1-2H3. The lowest BCUT2D eigenvalue weighted by atomic mass is 10.2. The van der Waals surface area contributed by atoms with Gasteiger partial charge in [0.1, 0.15) is 16.6 Å². The predicted octanol–water partition coefficient (Wildman–Crippen LogP) is 4.22. The van der Waals surface area contributed by atoms with Gasteiger partial charge in [0.25, 0.3) is 0 Å². The number of halogens is 2. The van der Waals surface area contributed by atoms with Gasteiger partial charge in [-0.15, -0.1) is 11.3 Å². The van der Waals surface area contributed by atoms with Crippen LogP contribution in [0.2, 0.25) is 5.02 Å². The number of nitrogens with zero attached hydrogens (tertiary/aromatic N) is 3. The van der Waals surface area contributed by atoms with Crippen molar-refractivity contribution in [2.24, 2.45) is 0 Å². The molecule has 3 nitrogen and oxygen atoms in total. The van der Waals surface area contributed by atoms with Crippen molar-refractivity contribution in [1.29, 1.82) is 0 Å². The van der Waals surface area contributed by atoms with E-state index >= 15 is 0 Å². The van der Waals surface area contributed by atoms with Crippen LogP contribution in [-0.2, 0) is 0 Å². The molecule has 2 heterocycles. The van der Waals surface area contributed by atoms with Gasteiger partial charge in [-0.1, -0.05) is 17.7 Å². The van der Waals surface area contributed by atoms with E-state index in [4.69, 9.17) is 11.6 Å². The summed E-state index contributed by atoms with van der Waals surface area (Å²) in [5.74, 6) is 0.453. The third-order valence-corrected chi connectivity index (χ3v) is 4.29. The first-order valence-electron chi connectivity index (χ1n) is 5.95. The number of thiazole rings is 1. The molecule has 0 aliphatic heterocycles. The molecule has 0 saturated heterocycles. The third-order valence-electron chi connectivity index (χ3n) is 2.89. The summed E-state index contributed by atoms with van der Waals surface area (Å²) >= 11 is 7.49. The highest BCUT2D eigenvalue weighted by Crippen LogP contribution is 2.38. The van der Waals surface area contributed by atoms with Crippen LogP contribution in [0.5, 0.6) is 0 Å². The van der Waals surface area contributed by atoms with Crippen LogP contribution in [0.25, 0.3) is 20.8 Å². The molecule has 6 heteroatoms. The summed E-state index contributed by atoms with van der Waals surface area (Å²) in [6.45, 7) is 0. The molecule has 0 unspecified atom stereocenters. The van der Waals surface area contributed by atoms with E-state index in [1.807, 2.05) is 25.1 Å². The van der Waals surface area contributed by atoms with Gasteiger partial charge in [-0.2, -0.15) is 0 Å². The zero-order valence-corrected chi connectivity index (χ0v) is 12.5. The lowest BCUT2D eigenvalue weighted by Gasteiger charge is -2.10. The molecular formula is C14H11ClFN3S. The largest absolute Gasteiger partial charge is 0.362 e. The zero-order valence-electron chi connectivity index (χ0n) is 10.9. The van der Waals surface area contributed by atoms with E-state index < -0.39 is 0 Å². The molecule has 0 aliphatic rings.